The van der Waals surface area contributed by atoms with Gasteiger partial charge in [0.25, 0.3) is 0 Å². The van der Waals surface area contributed by atoms with Gasteiger partial charge in [-0.25, -0.2) is 0 Å². The second kappa shape index (κ2) is 51.0. The fourth-order valence-electron chi connectivity index (χ4n) is 11.0. The molecule has 15 nitrogen and oxygen atoms in total. The van der Waals surface area contributed by atoms with Crippen molar-refractivity contribution in [3.8, 4) is 0 Å². The van der Waals surface area contributed by atoms with Crippen LogP contribution in [0.4, 0.5) is 0 Å². The van der Waals surface area contributed by atoms with Gasteiger partial charge in [0.15, 0.2) is 18.7 Å². The topological polar surface area (TPSA) is 231 Å². The Morgan fingerprint density at radius 2 is 0.646 bits per heavy atom. The van der Waals surface area contributed by atoms with Gasteiger partial charge in [-0.05, 0) is 12.8 Å². The molecule has 79 heavy (non-hydrogen) atoms. The van der Waals surface area contributed by atoms with Crippen molar-refractivity contribution in [2.45, 2.75) is 370 Å². The van der Waals surface area contributed by atoms with Gasteiger partial charge in [0.1, 0.15) is 55.4 Å². The third-order valence-electron chi connectivity index (χ3n) is 16.3. The van der Waals surface area contributed by atoms with Crippen LogP contribution in [-0.4, -0.2) is 142 Å². The van der Waals surface area contributed by atoms with E-state index in [9.17, 15) is 45.3 Å². The van der Waals surface area contributed by atoms with Gasteiger partial charge in [0.2, 0.25) is 0 Å². The monoisotopic (exact) mass is 1130 g/mol. The normalized spacial score (nSPS) is 23.8. The predicted octanol–water partition coefficient (Wildman–Crippen LogP) is 12.7. The summed E-state index contributed by atoms with van der Waals surface area (Å²) in [5, 5.41) is 72.5. The number of aliphatic hydroxyl groups excluding tert-OH is 7. The molecule has 11 unspecified atom stereocenters. The number of rotatable bonds is 55. The Morgan fingerprint density at radius 1 is 0.354 bits per heavy atom. The van der Waals surface area contributed by atoms with Crippen LogP contribution in [0.2, 0.25) is 0 Å². The molecule has 0 spiro atoms. The summed E-state index contributed by atoms with van der Waals surface area (Å²) in [6.45, 7) is 2.69. The Labute approximate surface area is 480 Å². The van der Waals surface area contributed by atoms with Crippen LogP contribution >= 0.6 is 0 Å². The Hall–Kier alpha value is -1.50. The van der Waals surface area contributed by atoms with Crippen LogP contribution in [0.25, 0.3) is 0 Å². The first-order valence-corrected chi connectivity index (χ1v) is 33.1. The number of carbonyl (C=O) groups excluding carboxylic acids is 2. The second-order valence-corrected chi connectivity index (χ2v) is 23.7. The maximum atomic E-state index is 13.1. The van der Waals surface area contributed by atoms with Gasteiger partial charge in [-0.2, -0.15) is 0 Å². The molecule has 0 amide bonds. The van der Waals surface area contributed by atoms with Crippen LogP contribution in [0.5, 0.6) is 0 Å². The van der Waals surface area contributed by atoms with Gasteiger partial charge >= 0.3 is 11.9 Å². The summed E-state index contributed by atoms with van der Waals surface area (Å²) in [7, 11) is 0. The molecule has 2 heterocycles. The lowest BCUT2D eigenvalue weighted by Gasteiger charge is -2.42. The molecule has 11 atom stereocenters. The zero-order chi connectivity index (χ0) is 57.4. The van der Waals surface area contributed by atoms with Crippen molar-refractivity contribution in [3.05, 3.63) is 0 Å². The van der Waals surface area contributed by atoms with Crippen LogP contribution in [0.15, 0.2) is 0 Å². The highest BCUT2D eigenvalue weighted by molar-refractivity contribution is 5.70. The molecule has 15 heteroatoms. The number of aliphatic hydroxyl groups is 7. The van der Waals surface area contributed by atoms with E-state index in [1.165, 1.54) is 225 Å². The smallest absolute Gasteiger partial charge is 0.306 e. The molecular formula is C64H122O15. The van der Waals surface area contributed by atoms with Gasteiger partial charge in [-0.1, -0.05) is 277 Å². The average Bonchev–Trinajstić information content (AvgIpc) is 3.53. The Balaban J connectivity index is 1.68. The molecule has 2 aliphatic heterocycles. The lowest BCUT2D eigenvalue weighted by atomic mass is 9.98. The maximum absolute atomic E-state index is 13.1. The number of hydrogen-bond acceptors (Lipinski definition) is 15. The summed E-state index contributed by atoms with van der Waals surface area (Å²) >= 11 is 0. The molecule has 0 saturated carbocycles. The average molecular weight is 1130 g/mol. The van der Waals surface area contributed by atoms with Gasteiger partial charge in [-0.3, -0.25) is 9.59 Å². The first-order valence-electron chi connectivity index (χ1n) is 33.1. The second-order valence-electron chi connectivity index (χ2n) is 23.7. The molecule has 2 fully saturated rings. The van der Waals surface area contributed by atoms with Crippen LogP contribution in [0.1, 0.15) is 303 Å². The highest BCUT2D eigenvalue weighted by Gasteiger charge is 2.47. The predicted molar refractivity (Wildman–Crippen MR) is 312 cm³/mol. The van der Waals surface area contributed by atoms with Crippen LogP contribution in [0.3, 0.4) is 0 Å². The summed E-state index contributed by atoms with van der Waals surface area (Å²) in [4.78, 5) is 26.0. The molecule has 0 aromatic heterocycles. The summed E-state index contributed by atoms with van der Waals surface area (Å²) in [5.41, 5.74) is 0. The minimum Gasteiger partial charge on any atom is -0.462 e. The minimum absolute atomic E-state index is 0.174. The highest BCUT2D eigenvalue weighted by Crippen LogP contribution is 2.27. The number of ether oxygens (including phenoxy) is 6. The fraction of sp³-hybridized carbons (Fsp3) is 0.969. The molecule has 2 rings (SSSR count). The summed E-state index contributed by atoms with van der Waals surface area (Å²) < 4.78 is 33.8. The van der Waals surface area contributed by atoms with Crippen molar-refractivity contribution < 1.29 is 73.8 Å². The lowest BCUT2D eigenvalue weighted by Crippen LogP contribution is -2.61. The summed E-state index contributed by atoms with van der Waals surface area (Å²) in [6.07, 6.45) is 38.4. The minimum atomic E-state index is -1.76. The van der Waals surface area contributed by atoms with Crippen molar-refractivity contribution in [3.63, 3.8) is 0 Å². The first kappa shape index (κ1) is 73.6. The van der Waals surface area contributed by atoms with E-state index in [1.54, 1.807) is 0 Å². The van der Waals surface area contributed by atoms with E-state index in [1.807, 2.05) is 0 Å². The third kappa shape index (κ3) is 37.4. The van der Waals surface area contributed by atoms with Gasteiger partial charge in [-0.15, -0.1) is 0 Å². The zero-order valence-electron chi connectivity index (χ0n) is 50.4. The standard InChI is InChI=1S/C64H122O15/c1-3-5-7-9-11-13-15-17-19-21-23-25-27-29-31-33-35-37-39-41-43-45-47-56(67)77-52(50-75-63-62(73)60(71)58(69)54(79-63)51-76-64-61(72)59(70)57(68)53(48-65)78-64)49-74-55(66)46-44-42-40-38-36-34-32-30-28-26-24-22-20-18-16-14-12-10-8-6-4-2/h52-54,57-65,68-73H,3-51H2,1-2H3. The molecule has 7 N–H and O–H groups in total. The zero-order valence-corrected chi connectivity index (χ0v) is 50.4. The summed E-state index contributed by atoms with van der Waals surface area (Å²) in [6, 6.07) is 0. The number of carbonyl (C=O) groups is 2. The molecular weight excluding hydrogens is 1010 g/mol. The highest BCUT2D eigenvalue weighted by atomic mass is 16.7. The molecule has 468 valence electrons. The van der Waals surface area contributed by atoms with Gasteiger partial charge in [0, 0.05) is 12.8 Å². The van der Waals surface area contributed by atoms with Crippen LogP contribution < -0.4 is 0 Å². The molecule has 2 aliphatic rings. The van der Waals surface area contributed by atoms with Gasteiger partial charge in [0.05, 0.1) is 19.8 Å². The Kier molecular flexibility index (Phi) is 47.5. The fourth-order valence-corrected chi connectivity index (χ4v) is 11.0. The SMILES string of the molecule is CCCCCCCCCCCCCCCCCCCCCCCCC(=O)OC(COC(=O)CCCCCCCCCCCCCCCCCCCCCCC)COC1OC(COC2OC(CO)C(O)C(O)C2O)C(O)C(O)C1O. The molecule has 0 bridgehead atoms. The van der Waals surface area contributed by atoms with Crippen molar-refractivity contribution in [2.75, 3.05) is 26.4 Å². The van der Waals surface area contributed by atoms with E-state index >= 15 is 0 Å². The number of unbranched alkanes of at least 4 members (excludes halogenated alkanes) is 41. The van der Waals surface area contributed by atoms with E-state index in [0.717, 1.165) is 38.5 Å². The largest absolute Gasteiger partial charge is 0.462 e. The van der Waals surface area contributed by atoms with E-state index < -0.39 is 92.7 Å². The number of hydrogen-bond donors (Lipinski definition) is 7. The van der Waals surface area contributed by atoms with Crippen molar-refractivity contribution in [1.29, 1.82) is 0 Å². The quantitative estimate of drug-likeness (QED) is 0.0222. The lowest BCUT2D eigenvalue weighted by molar-refractivity contribution is -0.332. The Bertz CT molecular complexity index is 1370. The molecule has 0 aliphatic carbocycles. The third-order valence-corrected chi connectivity index (χ3v) is 16.3. The summed E-state index contributed by atoms with van der Waals surface area (Å²) in [5.74, 6) is -0.898. The molecule has 0 aromatic rings. The molecule has 0 radical (unpaired) electrons. The van der Waals surface area contributed by atoms with Crippen molar-refractivity contribution >= 4 is 11.9 Å². The van der Waals surface area contributed by atoms with Crippen LogP contribution in [0, 0.1) is 0 Å². The van der Waals surface area contributed by atoms with E-state index in [4.69, 9.17) is 28.4 Å². The first-order chi connectivity index (χ1) is 38.5. The van der Waals surface area contributed by atoms with E-state index in [2.05, 4.69) is 13.8 Å². The van der Waals surface area contributed by atoms with E-state index in [0.29, 0.717) is 12.8 Å². The Morgan fingerprint density at radius 3 is 0.987 bits per heavy atom. The van der Waals surface area contributed by atoms with E-state index in [-0.39, 0.29) is 26.1 Å². The van der Waals surface area contributed by atoms with Crippen molar-refractivity contribution in [2.24, 2.45) is 0 Å². The van der Waals surface area contributed by atoms with Crippen LogP contribution in [-0.2, 0) is 38.0 Å². The number of esters is 2. The molecule has 2 saturated heterocycles. The van der Waals surface area contributed by atoms with Gasteiger partial charge < -0.3 is 64.2 Å². The maximum Gasteiger partial charge on any atom is 0.306 e. The molecule has 0 aromatic carbocycles. The van der Waals surface area contributed by atoms with Crippen molar-refractivity contribution in [1.82, 2.24) is 0 Å².